The summed E-state index contributed by atoms with van der Waals surface area (Å²) in [5.74, 6) is -0.520. The number of piperidine rings is 1. The van der Waals surface area contributed by atoms with Crippen LogP contribution in [0.2, 0.25) is 0 Å². The molecule has 1 N–H and O–H groups in total. The Morgan fingerprint density at radius 1 is 1.14 bits per heavy atom. The molecular formula is C22H32N2O4. The van der Waals surface area contributed by atoms with Crippen LogP contribution in [0.3, 0.4) is 0 Å². The van der Waals surface area contributed by atoms with Crippen molar-refractivity contribution in [2.75, 3.05) is 20.1 Å². The van der Waals surface area contributed by atoms with E-state index in [1.807, 2.05) is 56.0 Å². The lowest BCUT2D eigenvalue weighted by molar-refractivity contribution is -0.157. The molecule has 1 aromatic rings. The lowest BCUT2D eigenvalue weighted by atomic mass is 9.85. The molecule has 0 saturated carbocycles. The van der Waals surface area contributed by atoms with Crippen molar-refractivity contribution >= 4 is 17.8 Å². The van der Waals surface area contributed by atoms with Gasteiger partial charge in [-0.1, -0.05) is 18.2 Å². The Hall–Kier alpha value is -2.37. The minimum absolute atomic E-state index is 0.0515. The third-order valence-electron chi connectivity index (χ3n) is 4.99. The standard InChI is InChI=1S/C22H32N2O4/c1-22(2,3)28-19(25)15-18(20(26)23-4)14-16-10-12-24(13-11-16)21(27)17-8-6-5-7-9-17/h5-9,16,18H,10-15H2,1-4H3,(H,23,26)/t18-/m1/s1. The number of esters is 1. The lowest BCUT2D eigenvalue weighted by Gasteiger charge is -2.33. The molecule has 2 amide bonds. The van der Waals surface area contributed by atoms with Gasteiger partial charge < -0.3 is 15.0 Å². The Balaban J connectivity index is 1.89. The first-order valence-corrected chi connectivity index (χ1v) is 9.97. The van der Waals surface area contributed by atoms with E-state index in [2.05, 4.69) is 5.32 Å². The molecule has 0 aliphatic carbocycles. The minimum atomic E-state index is -0.562. The van der Waals surface area contributed by atoms with Crippen molar-refractivity contribution in [1.82, 2.24) is 10.2 Å². The molecule has 6 heteroatoms. The predicted octanol–water partition coefficient (Wildman–Crippen LogP) is 3.02. The maximum absolute atomic E-state index is 12.6. The molecule has 1 fully saturated rings. The SMILES string of the molecule is CNC(=O)[C@@H](CC(=O)OC(C)(C)C)CC1CCN(C(=O)c2ccccc2)CC1. The van der Waals surface area contributed by atoms with Gasteiger partial charge in [-0.15, -0.1) is 0 Å². The quantitative estimate of drug-likeness (QED) is 0.760. The van der Waals surface area contributed by atoms with E-state index < -0.39 is 11.5 Å². The number of benzene rings is 1. The summed E-state index contributed by atoms with van der Waals surface area (Å²) >= 11 is 0. The van der Waals surface area contributed by atoms with Gasteiger partial charge in [0, 0.05) is 31.6 Å². The number of ether oxygens (including phenoxy) is 1. The second kappa shape index (κ2) is 9.71. The van der Waals surface area contributed by atoms with Gasteiger partial charge in [-0.05, 0) is 58.1 Å². The van der Waals surface area contributed by atoms with E-state index in [-0.39, 0.29) is 24.2 Å². The Kier molecular flexibility index (Phi) is 7.61. The molecule has 1 aliphatic rings. The van der Waals surface area contributed by atoms with Crippen LogP contribution in [0.4, 0.5) is 0 Å². The van der Waals surface area contributed by atoms with Gasteiger partial charge in [0.1, 0.15) is 5.60 Å². The third kappa shape index (κ3) is 6.66. The van der Waals surface area contributed by atoms with Crippen LogP contribution in [0.1, 0.15) is 56.8 Å². The highest BCUT2D eigenvalue weighted by molar-refractivity contribution is 5.94. The second-order valence-electron chi connectivity index (χ2n) is 8.44. The average Bonchev–Trinajstić information content (AvgIpc) is 2.66. The summed E-state index contributed by atoms with van der Waals surface area (Å²) in [6.45, 7) is 6.80. The van der Waals surface area contributed by atoms with Gasteiger partial charge in [0.2, 0.25) is 5.91 Å². The number of nitrogens with one attached hydrogen (secondary N) is 1. The van der Waals surface area contributed by atoms with Crippen molar-refractivity contribution < 1.29 is 19.1 Å². The molecule has 1 saturated heterocycles. The number of amides is 2. The van der Waals surface area contributed by atoms with Gasteiger partial charge in [-0.3, -0.25) is 14.4 Å². The zero-order chi connectivity index (χ0) is 20.7. The first-order valence-electron chi connectivity index (χ1n) is 9.97. The fraction of sp³-hybridized carbons (Fsp3) is 0.591. The number of carbonyl (C=O) groups excluding carboxylic acids is 3. The number of rotatable bonds is 6. The van der Waals surface area contributed by atoms with E-state index in [1.54, 1.807) is 7.05 Å². The van der Waals surface area contributed by atoms with Crippen molar-refractivity contribution in [3.63, 3.8) is 0 Å². The van der Waals surface area contributed by atoms with Crippen LogP contribution in [0.15, 0.2) is 30.3 Å². The topological polar surface area (TPSA) is 75.7 Å². The molecule has 0 unspecified atom stereocenters. The van der Waals surface area contributed by atoms with Crippen LogP contribution in [-0.4, -0.2) is 48.4 Å². The van der Waals surface area contributed by atoms with Gasteiger partial charge in [0.25, 0.3) is 5.91 Å². The zero-order valence-corrected chi connectivity index (χ0v) is 17.4. The number of nitrogens with zero attached hydrogens (tertiary/aromatic N) is 1. The van der Waals surface area contributed by atoms with Gasteiger partial charge in [-0.25, -0.2) is 0 Å². The first kappa shape index (κ1) is 21.9. The average molecular weight is 389 g/mol. The van der Waals surface area contributed by atoms with E-state index in [9.17, 15) is 14.4 Å². The smallest absolute Gasteiger partial charge is 0.307 e. The molecule has 1 heterocycles. The summed E-state index contributed by atoms with van der Waals surface area (Å²) in [6.07, 6.45) is 2.38. The van der Waals surface area contributed by atoms with Gasteiger partial charge >= 0.3 is 5.97 Å². The number of likely N-dealkylation sites (tertiary alicyclic amines) is 1. The van der Waals surface area contributed by atoms with Gasteiger partial charge in [0.15, 0.2) is 0 Å². The maximum Gasteiger partial charge on any atom is 0.307 e. The highest BCUT2D eigenvalue weighted by Gasteiger charge is 2.30. The normalized spacial score (nSPS) is 16.4. The van der Waals surface area contributed by atoms with Crippen molar-refractivity contribution in [3.8, 4) is 0 Å². The summed E-state index contributed by atoms with van der Waals surface area (Å²) in [6, 6.07) is 9.29. The molecule has 1 aliphatic heterocycles. The monoisotopic (exact) mass is 388 g/mol. The van der Waals surface area contributed by atoms with Crippen LogP contribution in [0.25, 0.3) is 0 Å². The summed E-state index contributed by atoms with van der Waals surface area (Å²) in [5.41, 5.74) is 0.141. The van der Waals surface area contributed by atoms with Gasteiger partial charge in [0.05, 0.1) is 6.42 Å². The summed E-state index contributed by atoms with van der Waals surface area (Å²) in [5, 5.41) is 2.66. The maximum atomic E-state index is 12.6. The zero-order valence-electron chi connectivity index (χ0n) is 17.4. The van der Waals surface area contributed by atoms with Gasteiger partial charge in [-0.2, -0.15) is 0 Å². The lowest BCUT2D eigenvalue weighted by Crippen LogP contribution is -2.40. The summed E-state index contributed by atoms with van der Waals surface area (Å²) in [7, 11) is 1.59. The van der Waals surface area contributed by atoms with Crippen molar-refractivity contribution in [2.45, 2.75) is 52.1 Å². The predicted molar refractivity (Wildman–Crippen MR) is 108 cm³/mol. The molecule has 28 heavy (non-hydrogen) atoms. The Morgan fingerprint density at radius 3 is 2.29 bits per heavy atom. The molecule has 154 valence electrons. The van der Waals surface area contributed by atoms with Crippen LogP contribution in [0.5, 0.6) is 0 Å². The molecule has 0 spiro atoms. The van der Waals surface area contributed by atoms with E-state index >= 15 is 0 Å². The molecule has 2 rings (SSSR count). The van der Waals surface area contributed by atoms with E-state index in [4.69, 9.17) is 4.74 Å². The number of hydrogen-bond acceptors (Lipinski definition) is 4. The Labute approximate surface area is 167 Å². The molecular weight excluding hydrogens is 356 g/mol. The van der Waals surface area contributed by atoms with Crippen LogP contribution in [0, 0.1) is 11.8 Å². The molecule has 1 aromatic carbocycles. The summed E-state index contributed by atoms with van der Waals surface area (Å²) < 4.78 is 5.38. The van der Waals surface area contributed by atoms with Crippen LogP contribution in [-0.2, 0) is 14.3 Å². The molecule has 0 bridgehead atoms. The van der Waals surface area contributed by atoms with Crippen LogP contribution < -0.4 is 5.32 Å². The molecule has 0 radical (unpaired) electrons. The second-order valence-corrected chi connectivity index (χ2v) is 8.44. The number of hydrogen-bond donors (Lipinski definition) is 1. The largest absolute Gasteiger partial charge is 0.460 e. The molecule has 1 atom stereocenters. The Morgan fingerprint density at radius 2 is 1.75 bits per heavy atom. The minimum Gasteiger partial charge on any atom is -0.460 e. The van der Waals surface area contributed by atoms with E-state index in [1.165, 1.54) is 0 Å². The molecule has 6 nitrogen and oxygen atoms in total. The van der Waals surface area contributed by atoms with Crippen molar-refractivity contribution in [2.24, 2.45) is 11.8 Å². The Bertz CT molecular complexity index is 674. The van der Waals surface area contributed by atoms with Crippen molar-refractivity contribution in [1.29, 1.82) is 0 Å². The fourth-order valence-electron chi connectivity index (χ4n) is 3.61. The number of carbonyl (C=O) groups is 3. The molecule has 0 aromatic heterocycles. The fourth-order valence-corrected chi connectivity index (χ4v) is 3.61. The highest BCUT2D eigenvalue weighted by Crippen LogP contribution is 2.27. The third-order valence-corrected chi connectivity index (χ3v) is 4.99. The summed E-state index contributed by atoms with van der Waals surface area (Å²) in [4.78, 5) is 38.9. The first-order chi connectivity index (χ1) is 13.2. The van der Waals surface area contributed by atoms with E-state index in [0.29, 0.717) is 31.0 Å². The van der Waals surface area contributed by atoms with E-state index in [0.717, 1.165) is 12.8 Å². The van der Waals surface area contributed by atoms with Crippen LogP contribution >= 0.6 is 0 Å². The highest BCUT2D eigenvalue weighted by atomic mass is 16.6. The van der Waals surface area contributed by atoms with Crippen molar-refractivity contribution in [3.05, 3.63) is 35.9 Å².